The van der Waals surface area contributed by atoms with E-state index in [0.29, 0.717) is 16.5 Å². The Kier molecular flexibility index (Phi) is 3.31. The summed E-state index contributed by atoms with van der Waals surface area (Å²) in [5.41, 5.74) is 7.26. The Morgan fingerprint density at radius 1 is 1.31 bits per heavy atom. The molecule has 0 spiro atoms. The van der Waals surface area contributed by atoms with Crippen LogP contribution in [-0.2, 0) is 0 Å². The zero-order valence-corrected chi connectivity index (χ0v) is 10.6. The van der Waals surface area contributed by atoms with Gasteiger partial charge in [-0.3, -0.25) is 0 Å². The Hall–Kier alpha value is -1.26. The maximum atomic E-state index is 5.90. The first kappa shape index (κ1) is 11.2. The Morgan fingerprint density at radius 2 is 2.12 bits per heavy atom. The lowest BCUT2D eigenvalue weighted by Crippen LogP contribution is -1.98. The Labute approximate surface area is 107 Å². The predicted molar refractivity (Wildman–Crippen MR) is 71.1 cm³/mol. The molecule has 0 atom stereocenters. The lowest BCUT2D eigenvalue weighted by Gasteiger charge is -2.08. The summed E-state index contributed by atoms with van der Waals surface area (Å²) < 4.78 is 0.827. The number of anilines is 3. The van der Waals surface area contributed by atoms with Crippen molar-refractivity contribution in [2.75, 3.05) is 11.1 Å². The molecule has 82 valence electrons. The van der Waals surface area contributed by atoms with Gasteiger partial charge in [-0.25, -0.2) is 4.98 Å². The van der Waals surface area contributed by atoms with Gasteiger partial charge in [-0.15, -0.1) is 0 Å². The molecule has 0 amide bonds. The molecular formula is C11H9BrClN3. The molecule has 0 aliphatic rings. The van der Waals surface area contributed by atoms with Crippen molar-refractivity contribution in [1.82, 2.24) is 4.98 Å². The summed E-state index contributed by atoms with van der Waals surface area (Å²) in [4.78, 5) is 4.14. The summed E-state index contributed by atoms with van der Waals surface area (Å²) >= 11 is 9.25. The summed E-state index contributed by atoms with van der Waals surface area (Å²) in [5.74, 6) is 0.636. The topological polar surface area (TPSA) is 50.9 Å². The minimum Gasteiger partial charge on any atom is -0.396 e. The van der Waals surface area contributed by atoms with Crippen LogP contribution in [0.2, 0.25) is 5.02 Å². The van der Waals surface area contributed by atoms with E-state index in [1.54, 1.807) is 24.4 Å². The van der Waals surface area contributed by atoms with Gasteiger partial charge in [-0.1, -0.05) is 11.6 Å². The molecule has 1 aromatic carbocycles. The third-order valence-corrected chi connectivity index (χ3v) is 3.24. The number of nitrogens with zero attached hydrogens (tertiary/aromatic N) is 1. The van der Waals surface area contributed by atoms with Crippen molar-refractivity contribution < 1.29 is 0 Å². The number of hydrogen-bond donors (Lipinski definition) is 2. The highest BCUT2D eigenvalue weighted by Crippen LogP contribution is 2.28. The Balaban J connectivity index is 2.28. The molecule has 0 saturated heterocycles. The first-order valence-electron chi connectivity index (χ1n) is 4.59. The van der Waals surface area contributed by atoms with Crippen molar-refractivity contribution in [2.24, 2.45) is 0 Å². The molecule has 0 saturated carbocycles. The molecule has 2 aromatic rings. The summed E-state index contributed by atoms with van der Waals surface area (Å²) in [6.07, 6.45) is 1.68. The second kappa shape index (κ2) is 4.72. The van der Waals surface area contributed by atoms with E-state index in [9.17, 15) is 0 Å². The Morgan fingerprint density at radius 3 is 2.81 bits per heavy atom. The van der Waals surface area contributed by atoms with Gasteiger partial charge in [0.15, 0.2) is 5.82 Å². The standard InChI is InChI=1S/C11H9BrClN3/c12-8-6-7(3-4-9(8)13)16-11-10(14)2-1-5-15-11/h1-6H,14H2,(H,15,16). The zero-order chi connectivity index (χ0) is 11.5. The molecule has 5 heteroatoms. The van der Waals surface area contributed by atoms with E-state index in [0.717, 1.165) is 10.2 Å². The molecule has 3 N–H and O–H groups in total. The number of rotatable bonds is 2. The fraction of sp³-hybridized carbons (Fsp3) is 0. The molecular weight excluding hydrogens is 289 g/mol. The van der Waals surface area contributed by atoms with Crippen LogP contribution in [0.1, 0.15) is 0 Å². The number of nitrogen functional groups attached to an aromatic ring is 1. The second-order valence-corrected chi connectivity index (χ2v) is 4.46. The van der Waals surface area contributed by atoms with Crippen molar-refractivity contribution in [1.29, 1.82) is 0 Å². The van der Waals surface area contributed by atoms with Gasteiger partial charge in [0.05, 0.1) is 10.7 Å². The van der Waals surface area contributed by atoms with Gasteiger partial charge < -0.3 is 11.1 Å². The SMILES string of the molecule is Nc1cccnc1Nc1ccc(Cl)c(Br)c1. The van der Waals surface area contributed by atoms with Gasteiger partial charge in [0.25, 0.3) is 0 Å². The van der Waals surface area contributed by atoms with E-state index in [1.807, 2.05) is 12.1 Å². The Bertz CT molecular complexity index is 516. The normalized spacial score (nSPS) is 10.1. The van der Waals surface area contributed by atoms with Gasteiger partial charge in [-0.2, -0.15) is 0 Å². The quantitative estimate of drug-likeness (QED) is 0.886. The largest absolute Gasteiger partial charge is 0.396 e. The van der Waals surface area contributed by atoms with Crippen LogP contribution in [0.25, 0.3) is 0 Å². The van der Waals surface area contributed by atoms with Gasteiger partial charge >= 0.3 is 0 Å². The third kappa shape index (κ3) is 2.46. The molecule has 3 nitrogen and oxygen atoms in total. The average molecular weight is 299 g/mol. The summed E-state index contributed by atoms with van der Waals surface area (Å²) in [6, 6.07) is 9.11. The number of aromatic nitrogens is 1. The summed E-state index contributed by atoms with van der Waals surface area (Å²) in [6.45, 7) is 0. The molecule has 0 aliphatic heterocycles. The first-order chi connectivity index (χ1) is 7.66. The maximum absolute atomic E-state index is 5.90. The molecule has 0 aliphatic carbocycles. The van der Waals surface area contributed by atoms with Crippen LogP contribution in [-0.4, -0.2) is 4.98 Å². The number of nitrogens with two attached hydrogens (primary N) is 1. The minimum atomic E-state index is 0.605. The molecule has 1 aromatic heterocycles. The molecule has 0 bridgehead atoms. The van der Waals surface area contributed by atoms with E-state index in [4.69, 9.17) is 17.3 Å². The zero-order valence-electron chi connectivity index (χ0n) is 8.24. The third-order valence-electron chi connectivity index (χ3n) is 2.02. The van der Waals surface area contributed by atoms with Crippen molar-refractivity contribution in [3.8, 4) is 0 Å². The van der Waals surface area contributed by atoms with Gasteiger partial charge in [0, 0.05) is 16.4 Å². The highest BCUT2D eigenvalue weighted by Gasteiger charge is 2.02. The molecule has 0 unspecified atom stereocenters. The fourth-order valence-corrected chi connectivity index (χ4v) is 1.73. The smallest absolute Gasteiger partial charge is 0.153 e. The number of pyridine rings is 1. The van der Waals surface area contributed by atoms with E-state index in [-0.39, 0.29) is 0 Å². The van der Waals surface area contributed by atoms with Crippen LogP contribution in [0.3, 0.4) is 0 Å². The number of halogens is 2. The molecule has 16 heavy (non-hydrogen) atoms. The molecule has 1 heterocycles. The maximum Gasteiger partial charge on any atom is 0.153 e. The number of hydrogen-bond acceptors (Lipinski definition) is 3. The van der Waals surface area contributed by atoms with Crippen LogP contribution in [0.5, 0.6) is 0 Å². The molecule has 2 rings (SSSR count). The lowest BCUT2D eigenvalue weighted by molar-refractivity contribution is 1.31. The lowest BCUT2D eigenvalue weighted by atomic mass is 10.3. The van der Waals surface area contributed by atoms with Crippen LogP contribution in [0.4, 0.5) is 17.2 Å². The van der Waals surface area contributed by atoms with Gasteiger partial charge in [-0.05, 0) is 46.3 Å². The van der Waals surface area contributed by atoms with Crippen LogP contribution >= 0.6 is 27.5 Å². The van der Waals surface area contributed by atoms with Crippen LogP contribution < -0.4 is 11.1 Å². The van der Waals surface area contributed by atoms with E-state index in [2.05, 4.69) is 26.2 Å². The first-order valence-corrected chi connectivity index (χ1v) is 5.76. The van der Waals surface area contributed by atoms with E-state index in [1.165, 1.54) is 0 Å². The van der Waals surface area contributed by atoms with Crippen molar-refractivity contribution in [3.05, 3.63) is 46.0 Å². The van der Waals surface area contributed by atoms with Gasteiger partial charge in [0.2, 0.25) is 0 Å². The van der Waals surface area contributed by atoms with Crippen LogP contribution in [0.15, 0.2) is 41.0 Å². The highest BCUT2D eigenvalue weighted by atomic mass is 79.9. The van der Waals surface area contributed by atoms with E-state index >= 15 is 0 Å². The monoisotopic (exact) mass is 297 g/mol. The van der Waals surface area contributed by atoms with Crippen molar-refractivity contribution >= 4 is 44.7 Å². The van der Waals surface area contributed by atoms with Gasteiger partial charge in [0.1, 0.15) is 0 Å². The second-order valence-electron chi connectivity index (χ2n) is 3.20. The fourth-order valence-electron chi connectivity index (χ4n) is 1.23. The average Bonchev–Trinajstić information content (AvgIpc) is 2.27. The predicted octanol–water partition coefficient (Wildman–Crippen LogP) is 3.82. The highest BCUT2D eigenvalue weighted by molar-refractivity contribution is 9.10. The molecule has 0 radical (unpaired) electrons. The van der Waals surface area contributed by atoms with Crippen LogP contribution in [0, 0.1) is 0 Å². The van der Waals surface area contributed by atoms with E-state index < -0.39 is 0 Å². The number of nitrogens with one attached hydrogen (secondary N) is 1. The number of benzene rings is 1. The van der Waals surface area contributed by atoms with Crippen molar-refractivity contribution in [2.45, 2.75) is 0 Å². The summed E-state index contributed by atoms with van der Waals surface area (Å²) in [7, 11) is 0. The minimum absolute atomic E-state index is 0.605. The van der Waals surface area contributed by atoms with Crippen molar-refractivity contribution in [3.63, 3.8) is 0 Å². The summed E-state index contributed by atoms with van der Waals surface area (Å²) in [5, 5.41) is 3.78. The molecule has 0 fully saturated rings.